The number of hydrogen-bond acceptors (Lipinski definition) is 2. The molecule has 2 rings (SSSR count). The predicted molar refractivity (Wildman–Crippen MR) is 74.7 cm³/mol. The Morgan fingerprint density at radius 2 is 1.50 bits per heavy atom. The van der Waals surface area contributed by atoms with Gasteiger partial charge in [0.1, 0.15) is 11.5 Å². The zero-order chi connectivity index (χ0) is 13.1. The van der Waals surface area contributed by atoms with Crippen molar-refractivity contribution in [2.24, 2.45) is 0 Å². The molecule has 18 heavy (non-hydrogen) atoms. The number of benzene rings is 2. The van der Waals surface area contributed by atoms with Crippen LogP contribution in [-0.2, 0) is 0 Å². The van der Waals surface area contributed by atoms with Crippen LogP contribution in [0, 0.1) is 6.92 Å². The zero-order valence-electron chi connectivity index (χ0n) is 10.5. The molecule has 0 unspecified atom stereocenters. The summed E-state index contributed by atoms with van der Waals surface area (Å²) >= 11 is 0. The average Bonchev–Trinajstić information content (AvgIpc) is 2.35. The average molecular weight is 240 g/mol. The highest BCUT2D eigenvalue weighted by Gasteiger charge is 2.09. The van der Waals surface area contributed by atoms with Gasteiger partial charge in [0.15, 0.2) is 0 Å². The highest BCUT2D eigenvalue weighted by molar-refractivity contribution is 5.77. The van der Waals surface area contributed by atoms with Crippen molar-refractivity contribution in [2.45, 2.75) is 13.8 Å². The first kappa shape index (κ1) is 12.2. The summed E-state index contributed by atoms with van der Waals surface area (Å²) in [5.74, 6) is 0.345. The second-order valence-electron chi connectivity index (χ2n) is 4.30. The molecule has 0 bridgehead atoms. The van der Waals surface area contributed by atoms with E-state index in [4.69, 9.17) is 0 Å². The maximum atomic E-state index is 9.94. The van der Waals surface area contributed by atoms with Gasteiger partial charge in [-0.25, -0.2) is 0 Å². The molecule has 0 aliphatic rings. The molecule has 0 amide bonds. The van der Waals surface area contributed by atoms with Crippen LogP contribution >= 0.6 is 0 Å². The molecule has 0 fully saturated rings. The number of hydrogen-bond donors (Lipinski definition) is 2. The summed E-state index contributed by atoms with van der Waals surface area (Å²) in [7, 11) is 0. The van der Waals surface area contributed by atoms with Crippen LogP contribution in [0.1, 0.15) is 18.1 Å². The number of rotatable bonds is 2. The molecule has 92 valence electrons. The first-order valence-electron chi connectivity index (χ1n) is 5.87. The maximum absolute atomic E-state index is 9.94. The van der Waals surface area contributed by atoms with Crippen LogP contribution in [0.4, 0.5) is 0 Å². The molecule has 0 aliphatic heterocycles. The van der Waals surface area contributed by atoms with Crippen LogP contribution in [0.2, 0.25) is 0 Å². The highest BCUT2D eigenvalue weighted by Crippen LogP contribution is 2.36. The van der Waals surface area contributed by atoms with Gasteiger partial charge in [-0.2, -0.15) is 0 Å². The lowest BCUT2D eigenvalue weighted by molar-refractivity contribution is 0.469. The first-order chi connectivity index (χ1) is 8.61. The lowest BCUT2D eigenvalue weighted by Crippen LogP contribution is -1.84. The summed E-state index contributed by atoms with van der Waals surface area (Å²) in [6.07, 6.45) is 3.89. The Balaban J connectivity index is 2.62. The third kappa shape index (κ3) is 2.38. The topological polar surface area (TPSA) is 40.5 Å². The van der Waals surface area contributed by atoms with Crippen molar-refractivity contribution >= 4 is 6.08 Å². The van der Waals surface area contributed by atoms with Crippen molar-refractivity contribution in [1.82, 2.24) is 0 Å². The van der Waals surface area contributed by atoms with Gasteiger partial charge in [0.05, 0.1) is 0 Å². The van der Waals surface area contributed by atoms with Gasteiger partial charge in [-0.3, -0.25) is 0 Å². The Hall–Kier alpha value is -2.22. The molecule has 0 atom stereocenters. The number of aryl methyl sites for hydroxylation is 1. The first-order valence-corrected chi connectivity index (χ1v) is 5.87. The standard InChI is InChI=1S/C16H16O2/c1-3-4-12-6-8-16(18)14(10-12)13-9-11(2)5-7-15(13)17/h3-10,17-18H,1-2H3/b4-3+. The molecule has 0 aliphatic carbocycles. The van der Waals surface area contributed by atoms with E-state index in [2.05, 4.69) is 0 Å². The summed E-state index contributed by atoms with van der Waals surface area (Å²) in [4.78, 5) is 0. The Labute approximate surface area is 107 Å². The molecule has 0 aromatic heterocycles. The molecule has 2 aromatic rings. The van der Waals surface area contributed by atoms with Crippen molar-refractivity contribution in [3.05, 3.63) is 53.6 Å². The second kappa shape index (κ2) is 4.96. The fraction of sp³-hybridized carbons (Fsp3) is 0.125. The van der Waals surface area contributed by atoms with E-state index in [-0.39, 0.29) is 11.5 Å². The summed E-state index contributed by atoms with van der Waals surface area (Å²) in [6, 6.07) is 10.7. The summed E-state index contributed by atoms with van der Waals surface area (Å²) in [5.41, 5.74) is 3.33. The normalized spacial score (nSPS) is 11.0. The van der Waals surface area contributed by atoms with Crippen molar-refractivity contribution in [1.29, 1.82) is 0 Å². The smallest absolute Gasteiger partial charge is 0.123 e. The second-order valence-corrected chi connectivity index (χ2v) is 4.30. The fourth-order valence-electron chi connectivity index (χ4n) is 1.93. The molecule has 2 N–H and O–H groups in total. The summed E-state index contributed by atoms with van der Waals surface area (Å²) < 4.78 is 0. The van der Waals surface area contributed by atoms with Crippen molar-refractivity contribution in [3.8, 4) is 22.6 Å². The van der Waals surface area contributed by atoms with E-state index < -0.39 is 0 Å². The van der Waals surface area contributed by atoms with Crippen LogP contribution in [-0.4, -0.2) is 10.2 Å². The molecule has 0 heterocycles. The van der Waals surface area contributed by atoms with Crippen LogP contribution in [0.5, 0.6) is 11.5 Å². The third-order valence-electron chi connectivity index (χ3n) is 2.82. The Morgan fingerprint density at radius 3 is 2.17 bits per heavy atom. The summed E-state index contributed by atoms with van der Waals surface area (Å²) in [6.45, 7) is 3.90. The number of phenols is 2. The van der Waals surface area contributed by atoms with Gasteiger partial charge in [0, 0.05) is 11.1 Å². The minimum absolute atomic E-state index is 0.171. The van der Waals surface area contributed by atoms with Gasteiger partial charge in [-0.15, -0.1) is 0 Å². The van der Waals surface area contributed by atoms with E-state index in [1.807, 2.05) is 50.3 Å². The van der Waals surface area contributed by atoms with Crippen molar-refractivity contribution in [2.75, 3.05) is 0 Å². The molecule has 0 spiro atoms. The van der Waals surface area contributed by atoms with E-state index in [9.17, 15) is 10.2 Å². The minimum Gasteiger partial charge on any atom is -0.507 e. The van der Waals surface area contributed by atoms with Gasteiger partial charge in [-0.1, -0.05) is 29.8 Å². The molecular weight excluding hydrogens is 224 g/mol. The fourth-order valence-corrected chi connectivity index (χ4v) is 1.93. The van der Waals surface area contributed by atoms with E-state index >= 15 is 0 Å². The Morgan fingerprint density at radius 1 is 0.889 bits per heavy atom. The van der Waals surface area contributed by atoms with Gasteiger partial charge < -0.3 is 10.2 Å². The quantitative estimate of drug-likeness (QED) is 0.829. The van der Waals surface area contributed by atoms with Crippen molar-refractivity contribution < 1.29 is 10.2 Å². The van der Waals surface area contributed by atoms with Crippen LogP contribution in [0.15, 0.2) is 42.5 Å². The maximum Gasteiger partial charge on any atom is 0.123 e. The predicted octanol–water partition coefficient (Wildman–Crippen LogP) is 4.11. The highest BCUT2D eigenvalue weighted by atomic mass is 16.3. The molecular formula is C16H16O2. The number of allylic oxidation sites excluding steroid dienone is 1. The third-order valence-corrected chi connectivity index (χ3v) is 2.82. The Bertz CT molecular complexity index is 598. The lowest BCUT2D eigenvalue weighted by atomic mass is 9.99. The number of aromatic hydroxyl groups is 2. The number of phenolic OH excluding ortho intramolecular Hbond substituents is 2. The van der Waals surface area contributed by atoms with E-state index in [0.717, 1.165) is 11.1 Å². The van der Waals surface area contributed by atoms with E-state index in [0.29, 0.717) is 11.1 Å². The minimum atomic E-state index is 0.171. The van der Waals surface area contributed by atoms with Gasteiger partial charge in [-0.05, 0) is 43.7 Å². The van der Waals surface area contributed by atoms with Crippen LogP contribution < -0.4 is 0 Å². The largest absolute Gasteiger partial charge is 0.507 e. The SMILES string of the molecule is C/C=C/c1ccc(O)c(-c2cc(C)ccc2O)c1. The molecule has 2 nitrogen and oxygen atoms in total. The van der Waals surface area contributed by atoms with E-state index in [1.165, 1.54) is 0 Å². The monoisotopic (exact) mass is 240 g/mol. The van der Waals surface area contributed by atoms with Crippen molar-refractivity contribution in [3.63, 3.8) is 0 Å². The lowest BCUT2D eigenvalue weighted by Gasteiger charge is -2.09. The molecule has 0 saturated carbocycles. The van der Waals surface area contributed by atoms with Gasteiger partial charge in [0.2, 0.25) is 0 Å². The molecule has 2 heteroatoms. The Kier molecular flexibility index (Phi) is 3.38. The van der Waals surface area contributed by atoms with Gasteiger partial charge in [0.25, 0.3) is 0 Å². The van der Waals surface area contributed by atoms with Gasteiger partial charge >= 0.3 is 0 Å². The van der Waals surface area contributed by atoms with E-state index in [1.54, 1.807) is 12.1 Å². The molecule has 0 radical (unpaired) electrons. The zero-order valence-corrected chi connectivity index (χ0v) is 10.5. The molecule has 2 aromatic carbocycles. The van der Waals surface area contributed by atoms with Crippen LogP contribution in [0.3, 0.4) is 0 Å². The molecule has 0 saturated heterocycles. The van der Waals surface area contributed by atoms with Crippen LogP contribution in [0.25, 0.3) is 17.2 Å². The summed E-state index contributed by atoms with van der Waals surface area (Å²) in [5, 5.41) is 19.8.